The number of hydrogen-bond donors (Lipinski definition) is 0. The zero-order valence-electron chi connectivity index (χ0n) is 16.9. The molecule has 0 saturated carbocycles. The molecule has 2 atom stereocenters. The summed E-state index contributed by atoms with van der Waals surface area (Å²) in [5.74, 6) is 0.227. The van der Waals surface area contributed by atoms with E-state index in [9.17, 15) is 4.79 Å². The van der Waals surface area contributed by atoms with Crippen LogP contribution in [0.25, 0.3) is 0 Å². The fourth-order valence-electron chi connectivity index (χ4n) is 5.29. The van der Waals surface area contributed by atoms with Crippen LogP contribution in [0, 0.1) is 0 Å². The van der Waals surface area contributed by atoms with Gasteiger partial charge in [0.05, 0.1) is 0 Å². The van der Waals surface area contributed by atoms with Gasteiger partial charge in [-0.3, -0.25) is 9.69 Å². The summed E-state index contributed by atoms with van der Waals surface area (Å²) >= 11 is 0. The van der Waals surface area contributed by atoms with Crippen molar-refractivity contribution in [1.82, 2.24) is 9.80 Å². The summed E-state index contributed by atoms with van der Waals surface area (Å²) in [6.45, 7) is 4.47. The fourth-order valence-corrected chi connectivity index (χ4v) is 5.29. The first-order valence-electron chi connectivity index (χ1n) is 11.1. The minimum Gasteiger partial charge on any atom is -0.315 e. The molecule has 0 aromatic heterocycles. The molecule has 4 heteroatoms. The first-order chi connectivity index (χ1) is 13.2. The van der Waals surface area contributed by atoms with Crippen LogP contribution in [0.2, 0.25) is 0 Å². The molecule has 0 radical (unpaired) electrons. The molecular weight excluding hydrogens is 334 g/mol. The molecule has 148 valence electrons. The van der Waals surface area contributed by atoms with Gasteiger partial charge in [0, 0.05) is 37.8 Å². The number of hydrogen-bond acceptors (Lipinski definition) is 3. The molecule has 3 fully saturated rings. The van der Waals surface area contributed by atoms with Gasteiger partial charge >= 0.3 is 0 Å². The Bertz CT molecular complexity index is 623. The highest BCUT2D eigenvalue weighted by Gasteiger charge is 2.35. The molecule has 4 rings (SSSR count). The highest BCUT2D eigenvalue weighted by Crippen LogP contribution is 2.40. The molecule has 4 nitrogen and oxygen atoms in total. The summed E-state index contributed by atoms with van der Waals surface area (Å²) < 4.78 is 0. The van der Waals surface area contributed by atoms with Gasteiger partial charge in [-0.15, -0.1) is 0 Å². The second-order valence-electron chi connectivity index (χ2n) is 8.68. The lowest BCUT2D eigenvalue weighted by Crippen LogP contribution is -2.36. The van der Waals surface area contributed by atoms with E-state index in [1.54, 1.807) is 0 Å². The van der Waals surface area contributed by atoms with Crippen LogP contribution < -0.4 is 4.90 Å². The summed E-state index contributed by atoms with van der Waals surface area (Å²) in [6, 6.07) is 10.2. The van der Waals surface area contributed by atoms with Crippen molar-refractivity contribution in [3.05, 3.63) is 29.8 Å². The zero-order valence-corrected chi connectivity index (χ0v) is 16.9. The number of carbonyl (C=O) groups excluding carboxylic acids is 1. The van der Waals surface area contributed by atoms with Gasteiger partial charge in [0.25, 0.3) is 0 Å². The van der Waals surface area contributed by atoms with Crippen molar-refractivity contribution in [2.24, 2.45) is 0 Å². The minimum atomic E-state index is 0.227. The standard InChI is InChI=1S/C23H35N3O/c1-24(23(27)14-18-25-15-4-2-5-16-25)20-10-8-19(9-11-20)22-13-12-21-7-3-6-17-26(21)22/h8-11,21-22H,2-7,12-18H2,1H3/t21-,22-/m1/s1. The van der Waals surface area contributed by atoms with E-state index in [1.165, 1.54) is 63.5 Å². The van der Waals surface area contributed by atoms with Crippen molar-refractivity contribution in [1.29, 1.82) is 0 Å². The van der Waals surface area contributed by atoms with Crippen molar-refractivity contribution in [2.45, 2.75) is 69.9 Å². The van der Waals surface area contributed by atoms with Crippen LogP contribution in [0.5, 0.6) is 0 Å². The van der Waals surface area contributed by atoms with E-state index in [0.717, 1.165) is 31.4 Å². The van der Waals surface area contributed by atoms with Crippen molar-refractivity contribution in [3.8, 4) is 0 Å². The van der Waals surface area contributed by atoms with Gasteiger partial charge in [-0.05, 0) is 75.9 Å². The van der Waals surface area contributed by atoms with E-state index in [0.29, 0.717) is 12.5 Å². The van der Waals surface area contributed by atoms with Crippen LogP contribution in [0.1, 0.15) is 69.4 Å². The normalized spacial score (nSPS) is 26.7. The Hall–Kier alpha value is -1.39. The van der Waals surface area contributed by atoms with Crippen LogP contribution in [0.4, 0.5) is 5.69 Å². The highest BCUT2D eigenvalue weighted by atomic mass is 16.2. The maximum atomic E-state index is 12.6. The molecular formula is C23H35N3O. The van der Waals surface area contributed by atoms with Crippen molar-refractivity contribution < 1.29 is 4.79 Å². The van der Waals surface area contributed by atoms with Crippen molar-refractivity contribution in [2.75, 3.05) is 38.1 Å². The Morgan fingerprint density at radius 3 is 2.48 bits per heavy atom. The monoisotopic (exact) mass is 369 g/mol. The molecule has 3 saturated heterocycles. The first kappa shape index (κ1) is 18.9. The van der Waals surface area contributed by atoms with Crippen LogP contribution in [0.15, 0.2) is 24.3 Å². The third-order valence-electron chi connectivity index (χ3n) is 6.98. The lowest BCUT2D eigenvalue weighted by molar-refractivity contribution is -0.118. The smallest absolute Gasteiger partial charge is 0.228 e. The number of benzene rings is 1. The van der Waals surface area contributed by atoms with Crippen LogP contribution in [-0.2, 0) is 4.79 Å². The molecule has 3 aliphatic heterocycles. The quantitative estimate of drug-likeness (QED) is 0.778. The number of piperidine rings is 2. The van der Waals surface area contributed by atoms with Gasteiger partial charge in [-0.25, -0.2) is 0 Å². The maximum Gasteiger partial charge on any atom is 0.228 e. The molecule has 3 aliphatic rings. The molecule has 0 aliphatic carbocycles. The molecule has 0 unspecified atom stereocenters. The molecule has 0 bridgehead atoms. The number of rotatable bonds is 5. The average Bonchev–Trinajstić information content (AvgIpc) is 3.16. The van der Waals surface area contributed by atoms with E-state index in [-0.39, 0.29) is 5.91 Å². The summed E-state index contributed by atoms with van der Waals surface area (Å²) in [5.41, 5.74) is 2.45. The third-order valence-corrected chi connectivity index (χ3v) is 6.98. The summed E-state index contributed by atoms with van der Waals surface area (Å²) in [5, 5.41) is 0. The average molecular weight is 370 g/mol. The van der Waals surface area contributed by atoms with Gasteiger partial charge in [0.15, 0.2) is 0 Å². The predicted molar refractivity (Wildman–Crippen MR) is 111 cm³/mol. The molecule has 1 amide bonds. The Kier molecular flexibility index (Phi) is 6.14. The molecule has 0 spiro atoms. The first-order valence-corrected chi connectivity index (χ1v) is 11.1. The number of likely N-dealkylation sites (tertiary alicyclic amines) is 1. The second-order valence-corrected chi connectivity index (χ2v) is 8.68. The number of fused-ring (bicyclic) bond motifs is 1. The Morgan fingerprint density at radius 1 is 0.963 bits per heavy atom. The number of anilines is 1. The topological polar surface area (TPSA) is 26.8 Å². The van der Waals surface area contributed by atoms with Gasteiger partial charge in [-0.2, -0.15) is 0 Å². The number of carbonyl (C=O) groups is 1. The van der Waals surface area contributed by atoms with Crippen molar-refractivity contribution in [3.63, 3.8) is 0 Å². The zero-order chi connectivity index (χ0) is 18.6. The largest absolute Gasteiger partial charge is 0.315 e. The fraction of sp³-hybridized carbons (Fsp3) is 0.696. The van der Waals surface area contributed by atoms with E-state index >= 15 is 0 Å². The number of amides is 1. The van der Waals surface area contributed by atoms with Gasteiger partial charge in [0.1, 0.15) is 0 Å². The second kappa shape index (κ2) is 8.74. The van der Waals surface area contributed by atoms with Gasteiger partial charge in [0.2, 0.25) is 5.91 Å². The minimum absolute atomic E-state index is 0.227. The Labute approximate surface area is 164 Å². The van der Waals surface area contributed by atoms with Crippen LogP contribution in [-0.4, -0.2) is 55.0 Å². The van der Waals surface area contributed by atoms with E-state index < -0.39 is 0 Å². The molecule has 1 aromatic rings. The van der Waals surface area contributed by atoms with E-state index in [2.05, 4.69) is 34.1 Å². The molecule has 1 aromatic carbocycles. The summed E-state index contributed by atoms with van der Waals surface area (Å²) in [7, 11) is 1.92. The van der Waals surface area contributed by atoms with E-state index in [4.69, 9.17) is 0 Å². The van der Waals surface area contributed by atoms with Crippen LogP contribution >= 0.6 is 0 Å². The molecule has 27 heavy (non-hydrogen) atoms. The maximum absolute atomic E-state index is 12.6. The lowest BCUT2D eigenvalue weighted by Gasteiger charge is -2.34. The molecule has 0 N–H and O–H groups in total. The lowest BCUT2D eigenvalue weighted by atomic mass is 10.0. The van der Waals surface area contributed by atoms with Crippen molar-refractivity contribution >= 4 is 11.6 Å². The number of nitrogens with zero attached hydrogens (tertiary/aromatic N) is 3. The van der Waals surface area contributed by atoms with Gasteiger partial charge in [-0.1, -0.05) is 25.0 Å². The van der Waals surface area contributed by atoms with Gasteiger partial charge < -0.3 is 9.80 Å². The van der Waals surface area contributed by atoms with Crippen LogP contribution in [0.3, 0.4) is 0 Å². The Morgan fingerprint density at radius 2 is 1.70 bits per heavy atom. The summed E-state index contributed by atoms with van der Waals surface area (Å²) in [4.78, 5) is 19.6. The third kappa shape index (κ3) is 4.38. The predicted octanol–water partition coefficient (Wildman–Crippen LogP) is 4.21. The van der Waals surface area contributed by atoms with E-state index in [1.807, 2.05) is 11.9 Å². The SMILES string of the molecule is CN(C(=O)CCN1CCCCC1)c1ccc([C@H]2CC[C@H]3CCCCN32)cc1. The highest BCUT2D eigenvalue weighted by molar-refractivity contribution is 5.92. The Balaban J connectivity index is 1.33. The summed E-state index contributed by atoms with van der Waals surface area (Å²) in [6.07, 6.45) is 11.3. The molecule has 3 heterocycles.